The van der Waals surface area contributed by atoms with Crippen molar-refractivity contribution in [2.75, 3.05) is 11.9 Å². The number of rotatable bonds is 6. The molecule has 0 saturated carbocycles. The second-order valence-corrected chi connectivity index (χ2v) is 7.58. The number of hydrogen-bond donors (Lipinski definition) is 3. The molecule has 3 heterocycles. The van der Waals surface area contributed by atoms with Crippen molar-refractivity contribution >= 4 is 28.9 Å². The van der Waals surface area contributed by atoms with Gasteiger partial charge in [-0.3, -0.25) is 9.78 Å². The molecule has 2 atom stereocenters. The number of para-hydroxylation sites is 1. The zero-order chi connectivity index (χ0) is 21.1. The Labute approximate surface area is 179 Å². The maximum atomic E-state index is 13.8. The van der Waals surface area contributed by atoms with Crippen molar-refractivity contribution in [2.45, 2.75) is 25.4 Å². The maximum Gasteiger partial charge on any atom is 0.226 e. The molecule has 30 heavy (non-hydrogen) atoms. The van der Waals surface area contributed by atoms with Gasteiger partial charge in [-0.15, -0.1) is 0 Å². The predicted octanol–water partition coefficient (Wildman–Crippen LogP) is 3.86. The average molecular weight is 424 g/mol. The molecule has 0 spiro atoms. The van der Waals surface area contributed by atoms with Crippen LogP contribution in [-0.4, -0.2) is 32.4 Å². The highest BCUT2D eigenvalue weighted by Crippen LogP contribution is 2.38. The first-order valence-corrected chi connectivity index (χ1v) is 10.1. The van der Waals surface area contributed by atoms with Gasteiger partial charge in [0.2, 0.25) is 5.91 Å². The second kappa shape index (κ2) is 8.62. The molecule has 1 saturated heterocycles. The third-order valence-corrected chi connectivity index (χ3v) is 5.45. The van der Waals surface area contributed by atoms with Gasteiger partial charge in [0.05, 0.1) is 23.5 Å². The van der Waals surface area contributed by atoms with Crippen molar-refractivity contribution < 1.29 is 9.18 Å². The van der Waals surface area contributed by atoms with Crippen LogP contribution < -0.4 is 10.6 Å². The van der Waals surface area contributed by atoms with Crippen LogP contribution in [0.25, 0.3) is 0 Å². The molecule has 0 bridgehead atoms. The number of carbonyl (C=O) groups is 1. The molecule has 1 aliphatic rings. The van der Waals surface area contributed by atoms with Crippen LogP contribution in [0.15, 0.2) is 60.8 Å². The van der Waals surface area contributed by atoms with Gasteiger partial charge in [0.1, 0.15) is 5.82 Å². The number of carbonyl (C=O) groups excluding carboxylic acids is 1. The van der Waals surface area contributed by atoms with Gasteiger partial charge in [-0.1, -0.05) is 18.2 Å². The van der Waals surface area contributed by atoms with Crippen LogP contribution in [0.5, 0.6) is 0 Å². The van der Waals surface area contributed by atoms with E-state index in [-0.39, 0.29) is 30.1 Å². The molecule has 8 heteroatoms. The van der Waals surface area contributed by atoms with E-state index >= 15 is 0 Å². The lowest BCUT2D eigenvalue weighted by Crippen LogP contribution is -2.33. The summed E-state index contributed by atoms with van der Waals surface area (Å²) in [7, 11) is 0. The van der Waals surface area contributed by atoms with E-state index in [2.05, 4.69) is 20.6 Å². The third-order valence-electron chi connectivity index (χ3n) is 5.10. The van der Waals surface area contributed by atoms with E-state index in [4.69, 9.17) is 12.2 Å². The highest BCUT2D eigenvalue weighted by atomic mass is 32.1. The summed E-state index contributed by atoms with van der Waals surface area (Å²) in [6, 6.07) is 15.6. The fraction of sp³-hybridized carbons (Fsp3) is 0.227. The van der Waals surface area contributed by atoms with Crippen molar-refractivity contribution in [3.8, 4) is 0 Å². The summed E-state index contributed by atoms with van der Waals surface area (Å²) in [4.78, 5) is 22.3. The van der Waals surface area contributed by atoms with Crippen molar-refractivity contribution in [2.24, 2.45) is 0 Å². The Morgan fingerprint density at radius 1 is 1.20 bits per heavy atom. The summed E-state index contributed by atoms with van der Waals surface area (Å²) in [6.07, 6.45) is 1.92. The van der Waals surface area contributed by atoms with Crippen LogP contribution in [0.1, 0.15) is 35.6 Å². The van der Waals surface area contributed by atoms with E-state index in [0.717, 1.165) is 17.1 Å². The first-order chi connectivity index (χ1) is 14.5. The zero-order valence-corrected chi connectivity index (χ0v) is 17.2. The molecule has 0 radical (unpaired) electrons. The van der Waals surface area contributed by atoms with Gasteiger partial charge in [-0.25, -0.2) is 4.39 Å². The Bertz CT molecular complexity index is 1050. The van der Waals surface area contributed by atoms with E-state index in [0.29, 0.717) is 11.7 Å². The second-order valence-electron chi connectivity index (χ2n) is 7.19. The van der Waals surface area contributed by atoms with Gasteiger partial charge in [0.25, 0.3) is 0 Å². The Morgan fingerprint density at radius 3 is 2.70 bits per heavy atom. The molecule has 0 aliphatic carbocycles. The van der Waals surface area contributed by atoms with Crippen LogP contribution in [0.4, 0.5) is 10.1 Å². The summed E-state index contributed by atoms with van der Waals surface area (Å²) in [5.41, 5.74) is 3.08. The van der Waals surface area contributed by atoms with Crippen LogP contribution in [0.3, 0.4) is 0 Å². The average Bonchev–Trinajstić information content (AvgIpc) is 3.31. The number of benzene rings is 1. The van der Waals surface area contributed by atoms with Gasteiger partial charge >= 0.3 is 0 Å². The lowest BCUT2D eigenvalue weighted by Gasteiger charge is -2.26. The molecule has 4 rings (SSSR count). The molecule has 2 aromatic heterocycles. The van der Waals surface area contributed by atoms with E-state index in [1.54, 1.807) is 18.3 Å². The molecule has 3 aromatic rings. The van der Waals surface area contributed by atoms with Crippen molar-refractivity contribution in [1.29, 1.82) is 0 Å². The number of halogens is 1. The van der Waals surface area contributed by atoms with E-state index in [1.165, 1.54) is 12.1 Å². The summed E-state index contributed by atoms with van der Waals surface area (Å²) >= 11 is 5.59. The normalized spacial score (nSPS) is 18.3. The standard InChI is InChI=1S/C22H22FN5OS/c1-14-9-10-18(25-14)21-20(17-8-4-5-12-24-17)27-22(30)28(21)13-11-19(29)26-16-7-3-2-6-15(16)23/h2-10,12,20-21,25H,11,13H2,1H3,(H,26,29)(H,27,30)/t20-,21+/m1/s1. The quantitative estimate of drug-likeness (QED) is 0.525. The molecular weight excluding hydrogens is 401 g/mol. The monoisotopic (exact) mass is 423 g/mol. The number of hydrogen-bond acceptors (Lipinski definition) is 3. The number of amides is 1. The Kier molecular flexibility index (Phi) is 5.76. The molecule has 3 N–H and O–H groups in total. The van der Waals surface area contributed by atoms with Gasteiger partial charge in [0.15, 0.2) is 5.11 Å². The minimum absolute atomic E-state index is 0.137. The number of aryl methyl sites for hydroxylation is 1. The Hall–Kier alpha value is -3.26. The van der Waals surface area contributed by atoms with Gasteiger partial charge in [-0.2, -0.15) is 0 Å². The van der Waals surface area contributed by atoms with Gasteiger partial charge in [-0.05, 0) is 55.5 Å². The van der Waals surface area contributed by atoms with Crippen LogP contribution in [0, 0.1) is 12.7 Å². The van der Waals surface area contributed by atoms with Gasteiger partial charge < -0.3 is 20.5 Å². The number of nitrogens with zero attached hydrogens (tertiary/aromatic N) is 2. The number of anilines is 1. The summed E-state index contributed by atoms with van der Waals surface area (Å²) in [5.74, 6) is -0.732. The SMILES string of the molecule is Cc1ccc([C@H]2[C@@H](c3ccccn3)NC(=S)N2CCC(=O)Nc2ccccc2F)[nH]1. The van der Waals surface area contributed by atoms with Crippen molar-refractivity contribution in [3.63, 3.8) is 0 Å². The summed E-state index contributed by atoms with van der Waals surface area (Å²) in [5, 5.41) is 6.53. The highest BCUT2D eigenvalue weighted by Gasteiger charge is 2.40. The fourth-order valence-corrected chi connectivity index (χ4v) is 4.01. The topological polar surface area (TPSA) is 73.1 Å². The molecule has 0 unspecified atom stereocenters. The minimum Gasteiger partial charge on any atom is -0.361 e. The largest absolute Gasteiger partial charge is 0.361 e. The van der Waals surface area contributed by atoms with Gasteiger partial charge in [0, 0.05) is 30.6 Å². The highest BCUT2D eigenvalue weighted by molar-refractivity contribution is 7.80. The van der Waals surface area contributed by atoms with E-state index in [1.807, 2.05) is 42.2 Å². The third kappa shape index (κ3) is 4.18. The molecule has 154 valence electrons. The summed E-state index contributed by atoms with van der Waals surface area (Å²) in [6.45, 7) is 2.38. The number of nitrogens with one attached hydrogen (secondary N) is 3. The lowest BCUT2D eigenvalue weighted by molar-refractivity contribution is -0.116. The number of aromatic amines is 1. The van der Waals surface area contributed by atoms with Crippen LogP contribution in [0.2, 0.25) is 0 Å². The van der Waals surface area contributed by atoms with E-state index < -0.39 is 5.82 Å². The number of aromatic nitrogens is 2. The molecule has 6 nitrogen and oxygen atoms in total. The predicted molar refractivity (Wildman–Crippen MR) is 117 cm³/mol. The molecule has 1 aromatic carbocycles. The number of thiocarbonyl (C=S) groups is 1. The number of H-pyrrole nitrogens is 1. The first-order valence-electron chi connectivity index (χ1n) is 9.71. The lowest BCUT2D eigenvalue weighted by atomic mass is 10.0. The minimum atomic E-state index is -0.459. The maximum absolute atomic E-state index is 13.8. The summed E-state index contributed by atoms with van der Waals surface area (Å²) < 4.78 is 13.8. The van der Waals surface area contributed by atoms with Crippen LogP contribution in [-0.2, 0) is 4.79 Å². The molecule has 1 fully saturated rings. The van der Waals surface area contributed by atoms with E-state index in [9.17, 15) is 9.18 Å². The zero-order valence-electron chi connectivity index (χ0n) is 16.4. The first kappa shape index (κ1) is 20.0. The van der Waals surface area contributed by atoms with Crippen molar-refractivity contribution in [1.82, 2.24) is 20.2 Å². The Balaban J connectivity index is 1.52. The number of pyridine rings is 1. The van der Waals surface area contributed by atoms with Crippen molar-refractivity contribution in [3.05, 3.63) is 83.7 Å². The Morgan fingerprint density at radius 2 is 2.00 bits per heavy atom. The van der Waals surface area contributed by atoms with Crippen LogP contribution >= 0.6 is 12.2 Å². The molecular formula is C22H22FN5OS. The smallest absolute Gasteiger partial charge is 0.226 e. The fourth-order valence-electron chi connectivity index (χ4n) is 3.68. The molecule has 1 aliphatic heterocycles. The molecule has 1 amide bonds.